The van der Waals surface area contributed by atoms with Crippen molar-refractivity contribution in [1.29, 1.82) is 0 Å². The van der Waals surface area contributed by atoms with Crippen molar-refractivity contribution in [1.82, 2.24) is 0 Å². The molecule has 0 N–H and O–H groups in total. The average molecular weight is 296 g/mol. The van der Waals surface area contributed by atoms with E-state index in [0.29, 0.717) is 0 Å². The highest BCUT2D eigenvalue weighted by molar-refractivity contribution is 9.08. The fraction of sp³-hybridized carbons (Fsp3) is 0.600. The average Bonchev–Trinajstić information content (AvgIpc) is 2.84. The number of nitrogens with zero attached hydrogens (tertiary/aromatic N) is 1. The molecule has 1 saturated carbocycles. The van der Waals surface area contributed by atoms with Crippen molar-refractivity contribution in [3.05, 3.63) is 29.3 Å². The third-order valence-electron chi connectivity index (χ3n) is 3.91. The van der Waals surface area contributed by atoms with E-state index in [2.05, 4.69) is 52.9 Å². The Morgan fingerprint density at radius 2 is 2.00 bits per heavy atom. The SMILES string of the molecule is CCN(c1ccc(CBr)c(C)c1)C1CCCC1. The van der Waals surface area contributed by atoms with Gasteiger partial charge in [-0.25, -0.2) is 0 Å². The lowest BCUT2D eigenvalue weighted by atomic mass is 10.1. The Bertz CT molecular complexity index is 369. The van der Waals surface area contributed by atoms with Crippen LogP contribution in [0, 0.1) is 6.92 Å². The van der Waals surface area contributed by atoms with E-state index in [1.54, 1.807) is 0 Å². The standard InChI is InChI=1S/C15H22BrN/c1-3-17(14-6-4-5-7-14)15-9-8-13(11-16)12(2)10-15/h8-10,14H,3-7,11H2,1-2H3. The van der Waals surface area contributed by atoms with Gasteiger partial charge in [0.1, 0.15) is 0 Å². The van der Waals surface area contributed by atoms with Crippen LogP contribution in [0.1, 0.15) is 43.7 Å². The second-order valence-corrected chi connectivity index (χ2v) is 5.53. The van der Waals surface area contributed by atoms with Gasteiger partial charge >= 0.3 is 0 Å². The Balaban J connectivity index is 2.21. The Morgan fingerprint density at radius 1 is 1.29 bits per heavy atom. The van der Waals surface area contributed by atoms with E-state index in [0.717, 1.165) is 17.9 Å². The first-order valence-corrected chi connectivity index (χ1v) is 7.80. The van der Waals surface area contributed by atoms with Crippen LogP contribution in [0.15, 0.2) is 18.2 Å². The monoisotopic (exact) mass is 295 g/mol. The van der Waals surface area contributed by atoms with E-state index in [1.165, 1.54) is 42.5 Å². The van der Waals surface area contributed by atoms with Gasteiger partial charge in [0.2, 0.25) is 0 Å². The van der Waals surface area contributed by atoms with Gasteiger partial charge in [-0.2, -0.15) is 0 Å². The summed E-state index contributed by atoms with van der Waals surface area (Å²) < 4.78 is 0. The summed E-state index contributed by atoms with van der Waals surface area (Å²) in [6.07, 6.45) is 5.54. The lowest BCUT2D eigenvalue weighted by molar-refractivity contribution is 0.620. The second kappa shape index (κ2) is 5.90. The first-order chi connectivity index (χ1) is 8.26. The minimum atomic E-state index is 0.772. The molecule has 1 fully saturated rings. The molecule has 94 valence electrons. The van der Waals surface area contributed by atoms with Crippen molar-refractivity contribution < 1.29 is 0 Å². The van der Waals surface area contributed by atoms with Gasteiger partial charge in [0.05, 0.1) is 0 Å². The summed E-state index contributed by atoms with van der Waals surface area (Å²) in [5.74, 6) is 0. The van der Waals surface area contributed by atoms with Crippen molar-refractivity contribution >= 4 is 21.6 Å². The van der Waals surface area contributed by atoms with Gasteiger partial charge in [-0.05, 0) is 49.9 Å². The Morgan fingerprint density at radius 3 is 2.53 bits per heavy atom. The molecule has 0 radical (unpaired) electrons. The third kappa shape index (κ3) is 2.85. The van der Waals surface area contributed by atoms with Crippen LogP contribution in [-0.4, -0.2) is 12.6 Å². The molecule has 1 nitrogen and oxygen atoms in total. The molecule has 1 aliphatic rings. The van der Waals surface area contributed by atoms with Gasteiger partial charge in [0.15, 0.2) is 0 Å². The highest BCUT2D eigenvalue weighted by Crippen LogP contribution is 2.29. The number of hydrogen-bond donors (Lipinski definition) is 0. The van der Waals surface area contributed by atoms with E-state index in [-0.39, 0.29) is 0 Å². The number of halogens is 1. The predicted octanol–water partition coefficient (Wildman–Crippen LogP) is 4.66. The summed E-state index contributed by atoms with van der Waals surface area (Å²) in [6.45, 7) is 5.60. The number of hydrogen-bond acceptors (Lipinski definition) is 1. The number of anilines is 1. The molecule has 0 atom stereocenters. The van der Waals surface area contributed by atoms with Gasteiger partial charge in [-0.15, -0.1) is 0 Å². The molecule has 0 bridgehead atoms. The zero-order valence-electron chi connectivity index (χ0n) is 10.9. The predicted molar refractivity (Wildman–Crippen MR) is 79.1 cm³/mol. The molecule has 2 heteroatoms. The highest BCUT2D eigenvalue weighted by atomic mass is 79.9. The Kier molecular flexibility index (Phi) is 4.49. The Hall–Kier alpha value is -0.500. The largest absolute Gasteiger partial charge is 0.369 e. The molecule has 1 aromatic rings. The molecular formula is C15H22BrN. The second-order valence-electron chi connectivity index (χ2n) is 4.97. The molecule has 1 aliphatic carbocycles. The minimum absolute atomic E-state index is 0.772. The van der Waals surface area contributed by atoms with E-state index in [9.17, 15) is 0 Å². The van der Waals surface area contributed by atoms with Gasteiger partial charge < -0.3 is 4.90 Å². The molecule has 0 aromatic heterocycles. The molecule has 0 unspecified atom stereocenters. The minimum Gasteiger partial charge on any atom is -0.369 e. The highest BCUT2D eigenvalue weighted by Gasteiger charge is 2.21. The van der Waals surface area contributed by atoms with Crippen LogP contribution in [0.3, 0.4) is 0 Å². The van der Waals surface area contributed by atoms with Crippen LogP contribution < -0.4 is 4.90 Å². The first kappa shape index (κ1) is 12.9. The van der Waals surface area contributed by atoms with Crippen molar-refractivity contribution in [3.63, 3.8) is 0 Å². The number of alkyl halides is 1. The number of benzene rings is 1. The van der Waals surface area contributed by atoms with E-state index in [1.807, 2.05) is 0 Å². The molecule has 0 saturated heterocycles. The molecule has 1 aromatic carbocycles. The maximum atomic E-state index is 3.54. The van der Waals surface area contributed by atoms with Crippen LogP contribution >= 0.6 is 15.9 Å². The maximum Gasteiger partial charge on any atom is 0.0371 e. The number of aryl methyl sites for hydroxylation is 1. The Labute approximate surface area is 113 Å². The van der Waals surface area contributed by atoms with Crippen LogP contribution in [-0.2, 0) is 5.33 Å². The lowest BCUT2D eigenvalue weighted by Crippen LogP contribution is -2.32. The zero-order valence-corrected chi connectivity index (χ0v) is 12.5. The van der Waals surface area contributed by atoms with Gasteiger partial charge in [-0.3, -0.25) is 0 Å². The van der Waals surface area contributed by atoms with E-state index >= 15 is 0 Å². The van der Waals surface area contributed by atoms with Crippen LogP contribution in [0.2, 0.25) is 0 Å². The number of rotatable bonds is 4. The van der Waals surface area contributed by atoms with Crippen molar-refractivity contribution in [2.45, 2.75) is 50.9 Å². The molecule has 17 heavy (non-hydrogen) atoms. The molecular weight excluding hydrogens is 274 g/mol. The lowest BCUT2D eigenvalue weighted by Gasteiger charge is -2.30. The molecule has 2 rings (SSSR count). The summed E-state index contributed by atoms with van der Waals surface area (Å²) >= 11 is 3.54. The summed E-state index contributed by atoms with van der Waals surface area (Å²) in [5.41, 5.74) is 4.20. The molecule has 0 amide bonds. The molecule has 0 spiro atoms. The zero-order chi connectivity index (χ0) is 12.3. The molecule has 0 aliphatic heterocycles. The van der Waals surface area contributed by atoms with Crippen LogP contribution in [0.4, 0.5) is 5.69 Å². The van der Waals surface area contributed by atoms with E-state index < -0.39 is 0 Å². The van der Waals surface area contributed by atoms with E-state index in [4.69, 9.17) is 0 Å². The topological polar surface area (TPSA) is 3.24 Å². The van der Waals surface area contributed by atoms with Crippen molar-refractivity contribution in [2.24, 2.45) is 0 Å². The van der Waals surface area contributed by atoms with Crippen molar-refractivity contribution in [3.8, 4) is 0 Å². The first-order valence-electron chi connectivity index (χ1n) is 6.68. The maximum absolute atomic E-state index is 3.54. The van der Waals surface area contributed by atoms with Crippen LogP contribution in [0.5, 0.6) is 0 Å². The third-order valence-corrected chi connectivity index (χ3v) is 4.51. The van der Waals surface area contributed by atoms with Gasteiger partial charge in [0, 0.05) is 23.6 Å². The summed E-state index contributed by atoms with van der Waals surface area (Å²) in [6, 6.07) is 7.66. The molecule has 0 heterocycles. The van der Waals surface area contributed by atoms with Gasteiger partial charge in [0.25, 0.3) is 0 Å². The van der Waals surface area contributed by atoms with Crippen molar-refractivity contribution in [2.75, 3.05) is 11.4 Å². The van der Waals surface area contributed by atoms with Gasteiger partial charge in [-0.1, -0.05) is 34.8 Å². The van der Waals surface area contributed by atoms with Crippen LogP contribution in [0.25, 0.3) is 0 Å². The summed E-state index contributed by atoms with van der Waals surface area (Å²) in [7, 11) is 0. The fourth-order valence-corrected chi connectivity index (χ4v) is 3.51. The smallest absolute Gasteiger partial charge is 0.0371 e. The normalized spacial score (nSPS) is 16.4. The summed E-state index contributed by atoms with van der Waals surface area (Å²) in [5, 5.41) is 0.953. The fourth-order valence-electron chi connectivity index (χ4n) is 2.88. The quantitative estimate of drug-likeness (QED) is 0.730. The summed E-state index contributed by atoms with van der Waals surface area (Å²) in [4.78, 5) is 2.58.